The number of ketones is 1. The number of carbonyl (C=O) groups is 1. The molecule has 18 heavy (non-hydrogen) atoms. The van der Waals surface area contributed by atoms with E-state index in [0.29, 0.717) is 0 Å². The van der Waals surface area contributed by atoms with Crippen molar-refractivity contribution in [2.45, 2.75) is 32.7 Å². The normalized spacial score (nSPS) is 22.7. The molecule has 0 aromatic heterocycles. The van der Waals surface area contributed by atoms with Crippen LogP contribution < -0.4 is 5.32 Å². The minimum Gasteiger partial charge on any atom is -0.335 e. The highest BCUT2D eigenvalue weighted by Gasteiger charge is 2.28. The number of anilines is 1. The first kappa shape index (κ1) is 13.1. The van der Waals surface area contributed by atoms with Crippen LogP contribution in [0, 0.1) is 0 Å². The van der Waals surface area contributed by atoms with Crippen molar-refractivity contribution in [1.82, 2.24) is 0 Å². The Hall–Kier alpha value is -1.29. The summed E-state index contributed by atoms with van der Waals surface area (Å²) in [5.41, 5.74) is 1.78. The summed E-state index contributed by atoms with van der Waals surface area (Å²) < 4.78 is 0. The molecule has 1 N–H and O–H groups in total. The predicted octanol–water partition coefficient (Wildman–Crippen LogP) is 3.57. The first-order chi connectivity index (χ1) is 8.52. The van der Waals surface area contributed by atoms with Crippen molar-refractivity contribution < 1.29 is 4.79 Å². The molecule has 4 heteroatoms. The number of aliphatic imine (C=N–C) groups is 1. The van der Waals surface area contributed by atoms with Crippen molar-refractivity contribution >= 4 is 28.4 Å². The lowest BCUT2D eigenvalue weighted by Gasteiger charge is -2.15. The van der Waals surface area contributed by atoms with E-state index in [-0.39, 0.29) is 11.3 Å². The second-order valence-electron chi connectivity index (χ2n) is 4.81. The molecule has 0 radical (unpaired) electrons. The van der Waals surface area contributed by atoms with Gasteiger partial charge in [0.2, 0.25) is 0 Å². The molecular formula is C14H18N2OS. The molecule has 0 aliphatic carbocycles. The molecule has 0 amide bonds. The zero-order valence-corrected chi connectivity index (χ0v) is 11.8. The Morgan fingerprint density at radius 1 is 1.44 bits per heavy atom. The van der Waals surface area contributed by atoms with Crippen molar-refractivity contribution in [3.05, 3.63) is 29.8 Å². The Labute approximate surface area is 112 Å². The number of benzene rings is 1. The van der Waals surface area contributed by atoms with Gasteiger partial charge in [0, 0.05) is 17.0 Å². The topological polar surface area (TPSA) is 41.5 Å². The van der Waals surface area contributed by atoms with Gasteiger partial charge >= 0.3 is 0 Å². The number of Topliss-reactive ketones (excluding diaryl/α,β-unsaturated/α-hetero) is 1. The standard InChI is InChI=1S/C14H18N2OS/c1-4-14(3)9-18-13(16-14)15-12-7-5-11(6-8-12)10(2)17/h5-8H,4,9H2,1-3H3,(H,15,16). The summed E-state index contributed by atoms with van der Waals surface area (Å²) in [6.07, 6.45) is 1.05. The summed E-state index contributed by atoms with van der Waals surface area (Å²) in [5, 5.41) is 4.27. The van der Waals surface area contributed by atoms with Gasteiger partial charge in [0.1, 0.15) is 0 Å². The molecule has 96 valence electrons. The minimum absolute atomic E-state index is 0.0618. The number of nitrogens with zero attached hydrogens (tertiary/aromatic N) is 1. The second-order valence-corrected chi connectivity index (χ2v) is 5.78. The maximum Gasteiger partial charge on any atom is 0.161 e. The first-order valence-corrected chi connectivity index (χ1v) is 7.12. The van der Waals surface area contributed by atoms with Crippen LogP contribution in [0.25, 0.3) is 0 Å². The van der Waals surface area contributed by atoms with Crippen molar-refractivity contribution in [3.63, 3.8) is 0 Å². The zero-order chi connectivity index (χ0) is 13.2. The summed E-state index contributed by atoms with van der Waals surface area (Å²) in [6, 6.07) is 7.51. The van der Waals surface area contributed by atoms with E-state index in [9.17, 15) is 4.79 Å². The SMILES string of the molecule is CCC1(C)CSC(Nc2ccc(C(C)=O)cc2)=N1. The molecular weight excluding hydrogens is 244 g/mol. The zero-order valence-electron chi connectivity index (χ0n) is 11.0. The molecule has 0 saturated heterocycles. The molecule has 2 rings (SSSR count). The van der Waals surface area contributed by atoms with E-state index < -0.39 is 0 Å². The summed E-state index contributed by atoms with van der Waals surface area (Å²) in [5.74, 6) is 1.12. The van der Waals surface area contributed by atoms with Gasteiger partial charge < -0.3 is 5.32 Å². The van der Waals surface area contributed by atoms with Crippen LogP contribution >= 0.6 is 11.8 Å². The molecule has 1 aromatic carbocycles. The first-order valence-electron chi connectivity index (χ1n) is 6.13. The van der Waals surface area contributed by atoms with Gasteiger partial charge in [0.15, 0.2) is 11.0 Å². The lowest BCUT2D eigenvalue weighted by Crippen LogP contribution is -2.20. The molecule has 1 unspecified atom stereocenters. The fourth-order valence-electron chi connectivity index (χ4n) is 1.69. The van der Waals surface area contributed by atoms with Crippen LogP contribution in [0.3, 0.4) is 0 Å². The van der Waals surface area contributed by atoms with E-state index in [0.717, 1.165) is 28.6 Å². The molecule has 1 aliphatic heterocycles. The summed E-state index contributed by atoms with van der Waals surface area (Å²) in [7, 11) is 0. The molecule has 1 heterocycles. The van der Waals surface area contributed by atoms with Crippen LogP contribution in [0.2, 0.25) is 0 Å². The number of carbonyl (C=O) groups excluding carboxylic acids is 1. The van der Waals surface area contributed by atoms with Crippen LogP contribution in [0.1, 0.15) is 37.6 Å². The van der Waals surface area contributed by atoms with E-state index in [1.807, 2.05) is 24.3 Å². The van der Waals surface area contributed by atoms with Crippen molar-refractivity contribution in [2.24, 2.45) is 4.99 Å². The van der Waals surface area contributed by atoms with Gasteiger partial charge in [-0.2, -0.15) is 0 Å². The number of amidine groups is 1. The van der Waals surface area contributed by atoms with Crippen LogP contribution in [0.15, 0.2) is 29.3 Å². The summed E-state index contributed by atoms with van der Waals surface area (Å²) >= 11 is 1.75. The Bertz CT molecular complexity index is 481. The van der Waals surface area contributed by atoms with Gasteiger partial charge in [0.05, 0.1) is 5.54 Å². The Morgan fingerprint density at radius 2 is 2.11 bits per heavy atom. The number of thioether (sulfide) groups is 1. The Kier molecular flexibility index (Phi) is 3.76. The third-order valence-corrected chi connectivity index (χ3v) is 4.43. The van der Waals surface area contributed by atoms with E-state index in [1.54, 1.807) is 18.7 Å². The quantitative estimate of drug-likeness (QED) is 0.847. The lowest BCUT2D eigenvalue weighted by atomic mass is 10.0. The molecule has 0 saturated carbocycles. The van der Waals surface area contributed by atoms with Crippen molar-refractivity contribution in [1.29, 1.82) is 0 Å². The monoisotopic (exact) mass is 262 g/mol. The molecule has 0 spiro atoms. The smallest absolute Gasteiger partial charge is 0.161 e. The fourth-order valence-corrected chi connectivity index (χ4v) is 2.88. The number of hydrogen-bond acceptors (Lipinski definition) is 4. The third-order valence-electron chi connectivity index (χ3n) is 3.20. The highest BCUT2D eigenvalue weighted by Crippen LogP contribution is 2.30. The van der Waals surface area contributed by atoms with Gasteiger partial charge in [-0.1, -0.05) is 18.7 Å². The highest BCUT2D eigenvalue weighted by molar-refractivity contribution is 8.14. The average molecular weight is 262 g/mol. The van der Waals surface area contributed by atoms with Crippen LogP contribution in [-0.2, 0) is 0 Å². The number of rotatable bonds is 3. The maximum atomic E-state index is 11.2. The van der Waals surface area contributed by atoms with Crippen molar-refractivity contribution in [2.75, 3.05) is 11.1 Å². The Morgan fingerprint density at radius 3 is 2.61 bits per heavy atom. The Balaban J connectivity index is 2.07. The van der Waals surface area contributed by atoms with E-state index in [2.05, 4.69) is 19.2 Å². The van der Waals surface area contributed by atoms with Gasteiger partial charge in [-0.05, 0) is 44.5 Å². The van der Waals surface area contributed by atoms with Gasteiger partial charge in [-0.3, -0.25) is 9.79 Å². The molecule has 3 nitrogen and oxygen atoms in total. The van der Waals surface area contributed by atoms with E-state index in [1.165, 1.54) is 0 Å². The lowest BCUT2D eigenvalue weighted by molar-refractivity contribution is 0.101. The summed E-state index contributed by atoms with van der Waals surface area (Å²) in [4.78, 5) is 15.9. The number of hydrogen-bond donors (Lipinski definition) is 1. The van der Waals surface area contributed by atoms with Gasteiger partial charge in [-0.15, -0.1) is 0 Å². The average Bonchev–Trinajstić information content (AvgIpc) is 2.72. The van der Waals surface area contributed by atoms with Crippen LogP contribution in [0.5, 0.6) is 0 Å². The third kappa shape index (κ3) is 2.93. The molecule has 0 bridgehead atoms. The minimum atomic E-state index is 0.0618. The second kappa shape index (κ2) is 5.14. The molecule has 1 atom stereocenters. The highest BCUT2D eigenvalue weighted by atomic mass is 32.2. The van der Waals surface area contributed by atoms with E-state index in [4.69, 9.17) is 4.99 Å². The fraction of sp³-hybridized carbons (Fsp3) is 0.429. The molecule has 1 aliphatic rings. The number of nitrogens with one attached hydrogen (secondary N) is 1. The van der Waals surface area contributed by atoms with Gasteiger partial charge in [0.25, 0.3) is 0 Å². The maximum absolute atomic E-state index is 11.2. The predicted molar refractivity (Wildman–Crippen MR) is 78.7 cm³/mol. The van der Waals surface area contributed by atoms with Crippen LogP contribution in [0.4, 0.5) is 5.69 Å². The van der Waals surface area contributed by atoms with Gasteiger partial charge in [-0.25, -0.2) is 0 Å². The summed E-state index contributed by atoms with van der Waals surface area (Å²) in [6.45, 7) is 5.91. The van der Waals surface area contributed by atoms with Crippen LogP contribution in [-0.4, -0.2) is 22.2 Å². The largest absolute Gasteiger partial charge is 0.335 e. The molecule has 0 fully saturated rings. The van der Waals surface area contributed by atoms with E-state index >= 15 is 0 Å². The molecule has 1 aromatic rings. The van der Waals surface area contributed by atoms with Crippen molar-refractivity contribution in [3.8, 4) is 0 Å².